The number of hydrogen-bond acceptors (Lipinski definition) is 9. The minimum Gasteiger partial charge on any atom is -0.491 e. The van der Waals surface area contributed by atoms with Crippen molar-refractivity contribution in [2.45, 2.75) is 83.2 Å². The summed E-state index contributed by atoms with van der Waals surface area (Å²) < 4.78 is 39.8. The van der Waals surface area contributed by atoms with Gasteiger partial charge in [0.25, 0.3) is 0 Å². The lowest BCUT2D eigenvalue weighted by Crippen LogP contribution is -2.27. The summed E-state index contributed by atoms with van der Waals surface area (Å²) in [6.07, 6.45) is 9.45. The fourth-order valence-electron chi connectivity index (χ4n) is 4.14. The van der Waals surface area contributed by atoms with Crippen LogP contribution in [-0.2, 0) is 38.0 Å². The van der Waals surface area contributed by atoms with Gasteiger partial charge in [0.05, 0.1) is 59.5 Å². The van der Waals surface area contributed by atoms with Crippen molar-refractivity contribution in [3.05, 3.63) is 30.3 Å². The number of para-hydroxylation sites is 1. The fourth-order valence-corrected chi connectivity index (χ4v) is 4.14. The minimum atomic E-state index is -0.740. The van der Waals surface area contributed by atoms with Gasteiger partial charge in [0.1, 0.15) is 18.5 Å². The van der Waals surface area contributed by atoms with E-state index in [0.29, 0.717) is 85.7 Å². The number of aliphatic carboxylic acids is 2. The third-order valence-corrected chi connectivity index (χ3v) is 6.53. The monoisotopic (exact) mass is 628 g/mol. The lowest BCUT2D eigenvalue weighted by atomic mass is 10.1. The second-order valence-corrected chi connectivity index (χ2v) is 10.5. The summed E-state index contributed by atoms with van der Waals surface area (Å²) in [4.78, 5) is 21.2. The maximum Gasteiger partial charge on any atom is 0.303 e. The van der Waals surface area contributed by atoms with Crippen LogP contribution in [0.3, 0.4) is 0 Å². The molecule has 0 heterocycles. The molecule has 0 aliphatic rings. The van der Waals surface area contributed by atoms with Crippen molar-refractivity contribution >= 4 is 11.9 Å². The Kier molecular flexibility index (Phi) is 27.8. The zero-order valence-corrected chi connectivity index (χ0v) is 26.5. The number of carboxylic acid groups (broad SMARTS) is 2. The van der Waals surface area contributed by atoms with Gasteiger partial charge in [-0.2, -0.15) is 0 Å². The van der Waals surface area contributed by atoms with Crippen molar-refractivity contribution in [3.63, 3.8) is 0 Å². The predicted molar refractivity (Wildman–Crippen MR) is 166 cm³/mol. The van der Waals surface area contributed by atoms with Crippen LogP contribution in [0.2, 0.25) is 0 Å². The molecule has 0 saturated heterocycles. The van der Waals surface area contributed by atoms with Crippen LogP contribution >= 0.6 is 0 Å². The Labute approximate surface area is 263 Å². The van der Waals surface area contributed by atoms with E-state index >= 15 is 0 Å². The number of benzene rings is 1. The molecular formula is C33H56O11. The van der Waals surface area contributed by atoms with Crippen LogP contribution in [0, 0.1) is 0 Å². The molecule has 11 heteroatoms. The molecule has 0 aliphatic carbocycles. The Morgan fingerprint density at radius 2 is 0.932 bits per heavy atom. The van der Waals surface area contributed by atoms with Gasteiger partial charge in [-0.25, -0.2) is 0 Å². The summed E-state index contributed by atoms with van der Waals surface area (Å²) in [5.74, 6) is -0.646. The average Bonchev–Trinajstić information content (AvgIpc) is 3.01. The molecule has 0 radical (unpaired) electrons. The first-order valence-corrected chi connectivity index (χ1v) is 16.2. The van der Waals surface area contributed by atoms with Crippen LogP contribution in [0.5, 0.6) is 5.75 Å². The Hall–Kier alpha value is -2.28. The molecule has 0 amide bonds. The smallest absolute Gasteiger partial charge is 0.303 e. The number of carbonyl (C=O) groups is 2. The summed E-state index contributed by atoms with van der Waals surface area (Å²) in [6.45, 7) is 5.99. The molecular weight excluding hydrogens is 572 g/mol. The summed E-state index contributed by atoms with van der Waals surface area (Å²) in [5, 5.41) is 17.4. The zero-order valence-electron chi connectivity index (χ0n) is 26.5. The Bertz CT molecular complexity index is 778. The first kappa shape index (κ1) is 39.7. The van der Waals surface area contributed by atoms with Gasteiger partial charge in [0.2, 0.25) is 0 Å². The summed E-state index contributed by atoms with van der Waals surface area (Å²) in [5.41, 5.74) is 0. The highest BCUT2D eigenvalue weighted by Gasteiger charge is 2.10. The zero-order chi connectivity index (χ0) is 31.8. The molecule has 0 aliphatic heterocycles. The van der Waals surface area contributed by atoms with E-state index < -0.39 is 11.9 Å². The second kappa shape index (κ2) is 30.7. The summed E-state index contributed by atoms with van der Waals surface area (Å²) in [6, 6.07) is 9.64. The van der Waals surface area contributed by atoms with Gasteiger partial charge in [-0.15, -0.1) is 0 Å². The summed E-state index contributed by atoms with van der Waals surface area (Å²) >= 11 is 0. The van der Waals surface area contributed by atoms with Gasteiger partial charge in [-0.05, 0) is 37.8 Å². The molecule has 254 valence electrons. The van der Waals surface area contributed by atoms with E-state index in [1.807, 2.05) is 30.3 Å². The van der Waals surface area contributed by atoms with E-state index in [2.05, 4.69) is 0 Å². The number of rotatable bonds is 34. The molecule has 1 aromatic rings. The predicted octanol–water partition coefficient (Wildman–Crippen LogP) is 5.38. The van der Waals surface area contributed by atoms with Crippen molar-refractivity contribution in [3.8, 4) is 5.75 Å². The van der Waals surface area contributed by atoms with Crippen molar-refractivity contribution in [2.75, 3.05) is 79.3 Å². The normalized spacial score (nSPS) is 11.9. The molecule has 0 spiro atoms. The lowest BCUT2D eigenvalue weighted by molar-refractivity contribution is -0.138. The number of carboxylic acids is 2. The van der Waals surface area contributed by atoms with Gasteiger partial charge in [0, 0.05) is 26.1 Å². The van der Waals surface area contributed by atoms with Crippen LogP contribution in [0.15, 0.2) is 30.3 Å². The molecule has 0 fully saturated rings. The lowest BCUT2D eigenvalue weighted by Gasteiger charge is -2.18. The number of ether oxygens (including phenoxy) is 7. The van der Waals surface area contributed by atoms with E-state index in [1.54, 1.807) is 0 Å². The molecule has 1 unspecified atom stereocenters. The fraction of sp³-hybridized carbons (Fsp3) is 0.758. The van der Waals surface area contributed by atoms with E-state index in [1.165, 1.54) is 0 Å². The average molecular weight is 629 g/mol. The molecule has 2 N–H and O–H groups in total. The van der Waals surface area contributed by atoms with Crippen LogP contribution in [-0.4, -0.2) is 108 Å². The standard InChI is InChI=1S/C33H56O11/c34-32(35)16-10-3-1-5-12-18-41-28-31(43-19-13-6-2-4-11-17-33(36)37)29-42-25-24-39-21-20-38-22-23-40-26-27-44-30-14-8-7-9-15-30/h7-9,14-15,31H,1-6,10-13,16-29H2,(H,34,35)(H,36,37). The van der Waals surface area contributed by atoms with E-state index in [-0.39, 0.29) is 18.9 Å². The Morgan fingerprint density at radius 1 is 0.500 bits per heavy atom. The van der Waals surface area contributed by atoms with Gasteiger partial charge < -0.3 is 43.4 Å². The minimum absolute atomic E-state index is 0.168. The highest BCUT2D eigenvalue weighted by Crippen LogP contribution is 2.09. The Balaban J connectivity index is 2.04. The van der Waals surface area contributed by atoms with Crippen molar-refractivity contribution < 1.29 is 53.0 Å². The molecule has 0 saturated carbocycles. The van der Waals surface area contributed by atoms with Gasteiger partial charge in [-0.1, -0.05) is 56.7 Å². The maximum atomic E-state index is 10.6. The van der Waals surface area contributed by atoms with Crippen LogP contribution < -0.4 is 4.74 Å². The first-order chi connectivity index (χ1) is 21.6. The maximum absolute atomic E-state index is 10.6. The molecule has 44 heavy (non-hydrogen) atoms. The number of hydrogen-bond donors (Lipinski definition) is 2. The van der Waals surface area contributed by atoms with Crippen molar-refractivity contribution in [1.29, 1.82) is 0 Å². The summed E-state index contributed by atoms with van der Waals surface area (Å²) in [7, 11) is 0. The van der Waals surface area contributed by atoms with E-state index in [0.717, 1.165) is 63.5 Å². The van der Waals surface area contributed by atoms with Crippen molar-refractivity contribution in [1.82, 2.24) is 0 Å². The van der Waals surface area contributed by atoms with Gasteiger partial charge >= 0.3 is 11.9 Å². The third-order valence-electron chi connectivity index (χ3n) is 6.53. The molecule has 1 rings (SSSR count). The quantitative estimate of drug-likeness (QED) is 0.0951. The number of unbranched alkanes of at least 4 members (excludes halogenated alkanes) is 8. The van der Waals surface area contributed by atoms with Crippen LogP contribution in [0.25, 0.3) is 0 Å². The SMILES string of the molecule is O=C(O)CCCCCCCOCC(COCCOCCOCCOCCOc1ccccc1)OCCCCCCCC(=O)O. The second-order valence-electron chi connectivity index (χ2n) is 10.5. The largest absolute Gasteiger partial charge is 0.491 e. The van der Waals surface area contributed by atoms with Crippen LogP contribution in [0.4, 0.5) is 0 Å². The highest BCUT2D eigenvalue weighted by molar-refractivity contribution is 5.66. The first-order valence-electron chi connectivity index (χ1n) is 16.2. The molecule has 11 nitrogen and oxygen atoms in total. The van der Waals surface area contributed by atoms with Crippen molar-refractivity contribution in [2.24, 2.45) is 0 Å². The topological polar surface area (TPSA) is 139 Å². The Morgan fingerprint density at radius 3 is 1.48 bits per heavy atom. The van der Waals surface area contributed by atoms with Crippen LogP contribution in [0.1, 0.15) is 77.0 Å². The molecule has 1 aromatic carbocycles. The highest BCUT2D eigenvalue weighted by atomic mass is 16.6. The van der Waals surface area contributed by atoms with E-state index in [4.69, 9.17) is 43.4 Å². The molecule has 0 bridgehead atoms. The van der Waals surface area contributed by atoms with Gasteiger partial charge in [-0.3, -0.25) is 9.59 Å². The van der Waals surface area contributed by atoms with Gasteiger partial charge in [0.15, 0.2) is 0 Å². The van der Waals surface area contributed by atoms with E-state index in [9.17, 15) is 9.59 Å². The molecule has 0 aromatic heterocycles. The third kappa shape index (κ3) is 28.5. The molecule has 1 atom stereocenters.